The first-order chi connectivity index (χ1) is 10.3. The van der Waals surface area contributed by atoms with Crippen molar-refractivity contribution in [2.45, 2.75) is 18.6 Å². The molecule has 2 aromatic carbocycles. The molecule has 1 amide bonds. The van der Waals surface area contributed by atoms with Crippen LogP contribution in [0.15, 0.2) is 42.5 Å². The number of rotatable bonds is 4. The fraction of sp³-hybridized carbons (Fsp3) is 0.200. The third-order valence-corrected chi connectivity index (χ3v) is 3.16. The van der Waals surface area contributed by atoms with E-state index >= 15 is 0 Å². The van der Waals surface area contributed by atoms with E-state index in [0.29, 0.717) is 5.56 Å². The number of amides is 1. The van der Waals surface area contributed by atoms with Crippen molar-refractivity contribution in [3.63, 3.8) is 0 Å². The van der Waals surface area contributed by atoms with E-state index in [1.165, 1.54) is 5.32 Å². The lowest BCUT2D eigenvalue weighted by atomic mass is 9.99. The van der Waals surface area contributed by atoms with Gasteiger partial charge in [0.25, 0.3) is 0 Å². The number of carboxylic acids is 1. The molecule has 116 valence electrons. The van der Waals surface area contributed by atoms with E-state index in [-0.39, 0.29) is 6.42 Å². The minimum Gasteiger partial charge on any atom is -0.480 e. The maximum Gasteiger partial charge on any atom is 0.471 e. The summed E-state index contributed by atoms with van der Waals surface area (Å²) in [4.78, 5) is 22.1. The summed E-state index contributed by atoms with van der Waals surface area (Å²) < 4.78 is 36.8. The molecule has 0 spiro atoms. The van der Waals surface area contributed by atoms with E-state index in [0.717, 1.165) is 10.8 Å². The monoisotopic (exact) mass is 311 g/mol. The van der Waals surface area contributed by atoms with Crippen molar-refractivity contribution in [2.24, 2.45) is 0 Å². The lowest BCUT2D eigenvalue weighted by Gasteiger charge is -2.16. The zero-order valence-electron chi connectivity index (χ0n) is 11.2. The van der Waals surface area contributed by atoms with Gasteiger partial charge in [-0.3, -0.25) is 4.79 Å². The van der Waals surface area contributed by atoms with Crippen LogP contribution in [0, 0.1) is 0 Å². The second kappa shape index (κ2) is 6.05. The molecule has 2 rings (SSSR count). The molecule has 4 nitrogen and oxygen atoms in total. The number of hydrogen-bond donors (Lipinski definition) is 2. The molecule has 2 N–H and O–H groups in total. The van der Waals surface area contributed by atoms with Gasteiger partial charge in [-0.25, -0.2) is 4.79 Å². The Balaban J connectivity index is 2.27. The Morgan fingerprint density at radius 1 is 1.09 bits per heavy atom. The predicted octanol–water partition coefficient (Wildman–Crippen LogP) is 2.51. The van der Waals surface area contributed by atoms with Gasteiger partial charge in [0.15, 0.2) is 0 Å². The predicted molar refractivity (Wildman–Crippen MR) is 73.3 cm³/mol. The summed E-state index contributed by atoms with van der Waals surface area (Å²) in [5.41, 5.74) is 0.549. The van der Waals surface area contributed by atoms with Gasteiger partial charge in [0.05, 0.1) is 0 Å². The van der Waals surface area contributed by atoms with Gasteiger partial charge in [-0.05, 0) is 16.3 Å². The first-order valence-electron chi connectivity index (χ1n) is 6.36. The molecule has 1 atom stereocenters. The van der Waals surface area contributed by atoms with Gasteiger partial charge in [-0.1, -0.05) is 42.5 Å². The van der Waals surface area contributed by atoms with Gasteiger partial charge in [0, 0.05) is 6.42 Å². The number of carbonyl (C=O) groups is 2. The van der Waals surface area contributed by atoms with Crippen LogP contribution in [0.2, 0.25) is 0 Å². The van der Waals surface area contributed by atoms with Gasteiger partial charge in [-0.2, -0.15) is 13.2 Å². The highest BCUT2D eigenvalue weighted by atomic mass is 19.4. The van der Waals surface area contributed by atoms with Gasteiger partial charge >= 0.3 is 18.1 Å². The summed E-state index contributed by atoms with van der Waals surface area (Å²) in [6, 6.07) is 10.6. The van der Waals surface area contributed by atoms with Gasteiger partial charge in [-0.15, -0.1) is 0 Å². The summed E-state index contributed by atoms with van der Waals surface area (Å²) in [6.07, 6.45) is -5.36. The van der Waals surface area contributed by atoms with Crippen molar-refractivity contribution < 1.29 is 27.9 Å². The van der Waals surface area contributed by atoms with Gasteiger partial charge in [0.1, 0.15) is 6.04 Å². The summed E-state index contributed by atoms with van der Waals surface area (Å²) in [5.74, 6) is -3.79. The smallest absolute Gasteiger partial charge is 0.471 e. The summed E-state index contributed by atoms with van der Waals surface area (Å²) in [6.45, 7) is 0. The molecule has 1 unspecified atom stereocenters. The summed E-state index contributed by atoms with van der Waals surface area (Å²) in [7, 11) is 0. The molecule has 7 heteroatoms. The summed E-state index contributed by atoms with van der Waals surface area (Å²) >= 11 is 0. The molecule has 0 saturated carbocycles. The molecule has 0 bridgehead atoms. The second-order valence-corrected chi connectivity index (χ2v) is 4.70. The topological polar surface area (TPSA) is 66.4 Å². The van der Waals surface area contributed by atoms with Crippen molar-refractivity contribution in [1.29, 1.82) is 0 Å². The normalized spacial score (nSPS) is 12.9. The van der Waals surface area contributed by atoms with Gasteiger partial charge < -0.3 is 10.4 Å². The molecule has 0 radical (unpaired) electrons. The molecule has 2 aromatic rings. The molecule has 0 aliphatic heterocycles. The van der Waals surface area contributed by atoms with E-state index in [4.69, 9.17) is 5.11 Å². The average molecular weight is 311 g/mol. The molecule has 0 aromatic heterocycles. The zero-order chi connectivity index (χ0) is 16.3. The van der Waals surface area contributed by atoms with Crippen LogP contribution in [0.3, 0.4) is 0 Å². The fourth-order valence-electron chi connectivity index (χ4n) is 2.13. The molecule has 0 aliphatic rings. The van der Waals surface area contributed by atoms with Crippen LogP contribution in [0.4, 0.5) is 13.2 Å². The Kier molecular flexibility index (Phi) is 4.35. The lowest BCUT2D eigenvalue weighted by molar-refractivity contribution is -0.175. The Morgan fingerprint density at radius 3 is 2.36 bits per heavy atom. The Morgan fingerprint density at radius 2 is 1.73 bits per heavy atom. The summed E-state index contributed by atoms with van der Waals surface area (Å²) in [5, 5.41) is 12.1. The van der Waals surface area contributed by atoms with Crippen LogP contribution in [0.5, 0.6) is 0 Å². The van der Waals surface area contributed by atoms with Crippen LogP contribution in [0.25, 0.3) is 10.8 Å². The van der Waals surface area contributed by atoms with E-state index in [9.17, 15) is 22.8 Å². The van der Waals surface area contributed by atoms with Crippen LogP contribution in [-0.2, 0) is 16.0 Å². The maximum atomic E-state index is 12.3. The fourth-order valence-corrected chi connectivity index (χ4v) is 2.13. The first kappa shape index (κ1) is 15.8. The highest BCUT2D eigenvalue weighted by Gasteiger charge is 2.40. The highest BCUT2D eigenvalue weighted by Crippen LogP contribution is 2.20. The van der Waals surface area contributed by atoms with Crippen molar-refractivity contribution >= 4 is 22.6 Å². The number of carboxylic acid groups (broad SMARTS) is 1. The van der Waals surface area contributed by atoms with E-state index < -0.39 is 24.1 Å². The number of hydrogen-bond acceptors (Lipinski definition) is 2. The van der Waals surface area contributed by atoms with Crippen LogP contribution < -0.4 is 5.32 Å². The second-order valence-electron chi connectivity index (χ2n) is 4.70. The third-order valence-electron chi connectivity index (χ3n) is 3.16. The number of nitrogens with one attached hydrogen (secondary N) is 1. The van der Waals surface area contributed by atoms with Crippen molar-refractivity contribution in [2.75, 3.05) is 0 Å². The van der Waals surface area contributed by atoms with Crippen molar-refractivity contribution in [3.8, 4) is 0 Å². The number of aliphatic carboxylic acids is 1. The maximum absolute atomic E-state index is 12.3. The van der Waals surface area contributed by atoms with Crippen LogP contribution >= 0.6 is 0 Å². The van der Waals surface area contributed by atoms with Gasteiger partial charge in [0.2, 0.25) is 0 Å². The average Bonchev–Trinajstić information content (AvgIpc) is 2.45. The largest absolute Gasteiger partial charge is 0.480 e. The molecule has 22 heavy (non-hydrogen) atoms. The Hall–Kier alpha value is -2.57. The minimum absolute atomic E-state index is 0.238. The molecular weight excluding hydrogens is 299 g/mol. The Bertz CT molecular complexity index is 707. The molecule has 0 saturated heterocycles. The number of carbonyl (C=O) groups excluding carboxylic acids is 1. The number of halogens is 3. The Labute approximate surface area is 123 Å². The van der Waals surface area contributed by atoms with Crippen LogP contribution in [0.1, 0.15) is 5.56 Å². The first-order valence-corrected chi connectivity index (χ1v) is 6.36. The van der Waals surface area contributed by atoms with Crippen molar-refractivity contribution in [1.82, 2.24) is 5.32 Å². The minimum atomic E-state index is -5.12. The zero-order valence-corrected chi connectivity index (χ0v) is 11.2. The number of benzene rings is 2. The standard InChI is InChI=1S/C15H12F3NO3/c16-15(17,18)14(22)19-12(13(20)21)8-10-6-3-5-9-4-1-2-7-11(9)10/h1-7,12H,8H2,(H,19,22)(H,20,21). The number of fused-ring (bicyclic) bond motifs is 1. The molecule has 0 aliphatic carbocycles. The lowest BCUT2D eigenvalue weighted by Crippen LogP contribution is -2.47. The number of alkyl halides is 3. The highest BCUT2D eigenvalue weighted by molar-refractivity contribution is 5.89. The molecule has 0 fully saturated rings. The van der Waals surface area contributed by atoms with E-state index in [2.05, 4.69) is 0 Å². The SMILES string of the molecule is O=C(O)C(Cc1cccc2ccccc12)NC(=O)C(F)(F)F. The molecular formula is C15H12F3NO3. The quantitative estimate of drug-likeness (QED) is 0.912. The van der Waals surface area contributed by atoms with E-state index in [1.807, 2.05) is 12.1 Å². The van der Waals surface area contributed by atoms with E-state index in [1.54, 1.807) is 30.3 Å². The van der Waals surface area contributed by atoms with Crippen molar-refractivity contribution in [3.05, 3.63) is 48.0 Å². The van der Waals surface area contributed by atoms with Crippen LogP contribution in [-0.4, -0.2) is 29.2 Å². The molecule has 0 heterocycles. The third kappa shape index (κ3) is 3.55.